The highest BCUT2D eigenvalue weighted by Gasteiger charge is 2.29. The highest BCUT2D eigenvalue weighted by Crippen LogP contribution is 2.06. The van der Waals surface area contributed by atoms with Crippen LogP contribution in [0.5, 0.6) is 0 Å². The van der Waals surface area contributed by atoms with Crippen molar-refractivity contribution in [1.29, 1.82) is 0 Å². The van der Waals surface area contributed by atoms with E-state index in [0.717, 1.165) is 5.56 Å². The van der Waals surface area contributed by atoms with E-state index in [1.807, 2.05) is 0 Å². The van der Waals surface area contributed by atoms with Gasteiger partial charge in [0, 0.05) is 24.7 Å². The predicted octanol–water partition coefficient (Wildman–Crippen LogP) is -2.43. The molecule has 0 saturated carbocycles. The lowest BCUT2D eigenvalue weighted by molar-refractivity contribution is -0.138. The van der Waals surface area contributed by atoms with Gasteiger partial charge in [-0.25, -0.2) is 4.98 Å². The first kappa shape index (κ1) is 26.0. The summed E-state index contributed by atoms with van der Waals surface area (Å²) in [4.78, 5) is 66.7. The number of carboxylic acid groups (broad SMARTS) is 1. The van der Waals surface area contributed by atoms with Crippen LogP contribution in [-0.4, -0.2) is 69.3 Å². The molecule has 0 spiro atoms. The summed E-state index contributed by atoms with van der Waals surface area (Å²) in [5, 5.41) is 16.1. The van der Waals surface area contributed by atoms with Crippen LogP contribution in [0.3, 0.4) is 0 Å². The smallest absolute Gasteiger partial charge is 0.322 e. The van der Waals surface area contributed by atoms with Crippen molar-refractivity contribution < 1.29 is 29.1 Å². The van der Waals surface area contributed by atoms with Crippen molar-refractivity contribution in [2.75, 3.05) is 6.54 Å². The predicted molar refractivity (Wildman–Crippen MR) is 119 cm³/mol. The van der Waals surface area contributed by atoms with E-state index in [9.17, 15) is 24.0 Å². The van der Waals surface area contributed by atoms with E-state index in [0.29, 0.717) is 5.69 Å². The molecule has 13 nitrogen and oxygen atoms in total. The number of aromatic amines is 1. The van der Waals surface area contributed by atoms with Gasteiger partial charge < -0.3 is 37.5 Å². The van der Waals surface area contributed by atoms with Crippen molar-refractivity contribution in [3.8, 4) is 0 Å². The van der Waals surface area contributed by atoms with Gasteiger partial charge in [0.1, 0.15) is 18.6 Å². The molecule has 0 aliphatic heterocycles. The molecule has 1 aromatic carbocycles. The minimum Gasteiger partial charge on any atom is -0.480 e. The van der Waals surface area contributed by atoms with Gasteiger partial charge in [0.25, 0.3) is 0 Å². The molecule has 2 aromatic rings. The van der Waals surface area contributed by atoms with Gasteiger partial charge in [0.05, 0.1) is 18.8 Å². The van der Waals surface area contributed by atoms with Gasteiger partial charge in [-0.05, 0) is 5.56 Å². The molecular formula is C21H27N7O6. The van der Waals surface area contributed by atoms with Gasteiger partial charge in [-0.1, -0.05) is 30.3 Å². The number of carboxylic acids is 1. The molecule has 0 fully saturated rings. The van der Waals surface area contributed by atoms with Crippen LogP contribution in [0.2, 0.25) is 0 Å². The number of carbonyl (C=O) groups is 5. The van der Waals surface area contributed by atoms with E-state index in [2.05, 4.69) is 25.9 Å². The van der Waals surface area contributed by atoms with Crippen LogP contribution in [-0.2, 0) is 36.8 Å². The largest absolute Gasteiger partial charge is 0.480 e. The Hall–Kier alpha value is -4.26. The number of rotatable bonds is 13. The van der Waals surface area contributed by atoms with Crippen molar-refractivity contribution in [2.24, 2.45) is 11.5 Å². The topological polar surface area (TPSA) is 222 Å². The Bertz CT molecular complexity index is 996. The number of carbonyl (C=O) groups excluding carboxylic acids is 4. The molecule has 1 heterocycles. The summed E-state index contributed by atoms with van der Waals surface area (Å²) >= 11 is 0. The molecule has 34 heavy (non-hydrogen) atoms. The first-order valence-electron chi connectivity index (χ1n) is 10.3. The highest BCUT2D eigenvalue weighted by molar-refractivity contribution is 5.94. The van der Waals surface area contributed by atoms with E-state index < -0.39 is 60.7 Å². The number of primary amides is 1. The van der Waals surface area contributed by atoms with E-state index in [-0.39, 0.29) is 12.8 Å². The minimum atomic E-state index is -1.27. The maximum absolute atomic E-state index is 13.1. The van der Waals surface area contributed by atoms with E-state index in [1.165, 1.54) is 12.5 Å². The fraction of sp³-hybridized carbons (Fsp3) is 0.333. The van der Waals surface area contributed by atoms with Crippen molar-refractivity contribution in [3.63, 3.8) is 0 Å². The third-order valence-corrected chi connectivity index (χ3v) is 4.70. The van der Waals surface area contributed by atoms with Crippen LogP contribution in [0, 0.1) is 0 Å². The molecule has 0 saturated heterocycles. The number of H-pyrrole nitrogens is 1. The van der Waals surface area contributed by atoms with Crippen molar-refractivity contribution in [1.82, 2.24) is 25.9 Å². The molecule has 0 aliphatic carbocycles. The monoisotopic (exact) mass is 473 g/mol. The number of nitrogens with one attached hydrogen (secondary N) is 4. The molecule has 0 bridgehead atoms. The minimum absolute atomic E-state index is 0.0182. The maximum Gasteiger partial charge on any atom is 0.322 e. The number of aromatic nitrogens is 2. The Morgan fingerprint density at radius 3 is 2.21 bits per heavy atom. The van der Waals surface area contributed by atoms with E-state index >= 15 is 0 Å². The fourth-order valence-electron chi connectivity index (χ4n) is 3.03. The molecule has 2 rings (SSSR count). The zero-order chi connectivity index (χ0) is 25.1. The summed E-state index contributed by atoms with van der Waals surface area (Å²) < 4.78 is 0. The Kier molecular flexibility index (Phi) is 9.71. The molecule has 1 aromatic heterocycles. The average molecular weight is 473 g/mol. The first-order chi connectivity index (χ1) is 16.2. The zero-order valence-electron chi connectivity index (χ0n) is 18.2. The SMILES string of the molecule is NC(=O)CC(N)C(=O)NC(Cc1cnc[nH]1)C(=O)NC(Cc1ccccc1)C(=O)NCC(=O)O. The summed E-state index contributed by atoms with van der Waals surface area (Å²) in [5.74, 6) is -4.24. The number of amides is 4. The average Bonchev–Trinajstić information content (AvgIpc) is 3.29. The van der Waals surface area contributed by atoms with Crippen LogP contribution in [0.25, 0.3) is 0 Å². The Morgan fingerprint density at radius 1 is 0.971 bits per heavy atom. The third kappa shape index (κ3) is 8.70. The second-order valence-corrected chi connectivity index (χ2v) is 7.48. The zero-order valence-corrected chi connectivity index (χ0v) is 18.2. The van der Waals surface area contributed by atoms with Gasteiger partial charge in [-0.2, -0.15) is 0 Å². The Labute approximate surface area is 194 Å². The molecule has 0 aliphatic rings. The van der Waals surface area contributed by atoms with Gasteiger partial charge >= 0.3 is 5.97 Å². The maximum atomic E-state index is 13.1. The second kappa shape index (κ2) is 12.7. The Balaban J connectivity index is 2.20. The van der Waals surface area contributed by atoms with Crippen molar-refractivity contribution in [2.45, 2.75) is 37.4 Å². The van der Waals surface area contributed by atoms with Gasteiger partial charge in [-0.3, -0.25) is 24.0 Å². The van der Waals surface area contributed by atoms with Crippen LogP contribution in [0.15, 0.2) is 42.9 Å². The van der Waals surface area contributed by atoms with Crippen molar-refractivity contribution in [3.05, 3.63) is 54.1 Å². The molecular weight excluding hydrogens is 446 g/mol. The van der Waals surface area contributed by atoms with Crippen LogP contribution in [0.4, 0.5) is 0 Å². The van der Waals surface area contributed by atoms with Crippen LogP contribution >= 0.6 is 0 Å². The summed E-state index contributed by atoms with van der Waals surface area (Å²) in [7, 11) is 0. The number of hydrogen-bond acceptors (Lipinski definition) is 7. The molecule has 3 atom stereocenters. The number of hydrogen-bond donors (Lipinski definition) is 7. The van der Waals surface area contributed by atoms with Gasteiger partial charge in [-0.15, -0.1) is 0 Å². The molecule has 182 valence electrons. The molecule has 9 N–H and O–H groups in total. The number of imidazole rings is 1. The molecule has 4 amide bonds. The summed E-state index contributed by atoms with van der Waals surface area (Å²) in [6, 6.07) is 5.20. The number of nitrogens with zero attached hydrogens (tertiary/aromatic N) is 1. The second-order valence-electron chi connectivity index (χ2n) is 7.48. The van der Waals surface area contributed by atoms with Crippen LogP contribution in [0.1, 0.15) is 17.7 Å². The standard InChI is InChI=1S/C21H27N7O6/c22-14(8-17(23)29)19(32)27-16(7-13-9-24-11-26-13)21(34)28-15(20(33)25-10-18(30)31)6-12-4-2-1-3-5-12/h1-5,9,11,14-16H,6-8,10,22H2,(H2,23,29)(H,24,26)(H,25,33)(H,27,32)(H,28,34)(H,30,31). The number of nitrogens with two attached hydrogens (primary N) is 2. The molecule has 3 unspecified atom stereocenters. The summed E-state index contributed by atoms with van der Waals surface area (Å²) in [6.07, 6.45) is 2.48. The molecule has 0 radical (unpaired) electrons. The van der Waals surface area contributed by atoms with Crippen LogP contribution < -0.4 is 27.4 Å². The lowest BCUT2D eigenvalue weighted by Gasteiger charge is -2.24. The van der Waals surface area contributed by atoms with E-state index in [4.69, 9.17) is 16.6 Å². The normalized spacial score (nSPS) is 13.2. The first-order valence-corrected chi connectivity index (χ1v) is 10.3. The highest BCUT2D eigenvalue weighted by atomic mass is 16.4. The number of aliphatic carboxylic acids is 1. The van der Waals surface area contributed by atoms with Gasteiger partial charge in [0.15, 0.2) is 0 Å². The lowest BCUT2D eigenvalue weighted by atomic mass is 10.0. The number of benzene rings is 1. The fourth-order valence-corrected chi connectivity index (χ4v) is 3.03. The van der Waals surface area contributed by atoms with E-state index in [1.54, 1.807) is 30.3 Å². The summed E-state index contributed by atoms with van der Waals surface area (Å²) in [5.41, 5.74) is 12.0. The van der Waals surface area contributed by atoms with Crippen molar-refractivity contribution >= 4 is 29.6 Å². The Morgan fingerprint density at radius 2 is 1.62 bits per heavy atom. The summed E-state index contributed by atoms with van der Waals surface area (Å²) in [6.45, 7) is -0.629. The third-order valence-electron chi connectivity index (χ3n) is 4.70. The van der Waals surface area contributed by atoms with Gasteiger partial charge in [0.2, 0.25) is 23.6 Å². The quantitative estimate of drug-likeness (QED) is 0.165. The lowest BCUT2D eigenvalue weighted by Crippen LogP contribution is -2.57. The molecule has 13 heteroatoms.